The molecule has 130 valence electrons. The van der Waals surface area contributed by atoms with Crippen molar-refractivity contribution in [2.75, 3.05) is 19.6 Å². The van der Waals surface area contributed by atoms with Crippen molar-refractivity contribution in [1.29, 1.82) is 0 Å². The smallest absolute Gasteiger partial charge is 0.317 e. The van der Waals surface area contributed by atoms with Crippen LogP contribution < -0.4 is 5.32 Å². The fourth-order valence-corrected chi connectivity index (χ4v) is 3.45. The number of halogens is 2. The fraction of sp³-hybridized carbons (Fsp3) is 0.278. The van der Waals surface area contributed by atoms with Crippen LogP contribution in [0.25, 0.3) is 21.8 Å². The van der Waals surface area contributed by atoms with E-state index in [1.807, 2.05) is 4.57 Å². The average Bonchev–Trinajstić information content (AvgIpc) is 3.10. The molecule has 0 saturated carbocycles. The Hall–Kier alpha value is -2.67. The number of β-amino-alcohol motifs (C(OH)–C–C–N with tert-alkyl or cyclic N) is 1. The molecule has 1 unspecified atom stereocenters. The van der Waals surface area contributed by atoms with E-state index in [0.717, 1.165) is 0 Å². The molecular weight excluding hydrogens is 328 g/mol. The quantitative estimate of drug-likeness (QED) is 0.763. The van der Waals surface area contributed by atoms with E-state index >= 15 is 0 Å². The van der Waals surface area contributed by atoms with E-state index in [0.29, 0.717) is 34.9 Å². The van der Waals surface area contributed by atoms with Crippen molar-refractivity contribution in [2.45, 2.75) is 12.6 Å². The normalized spacial score (nSPS) is 16.0. The molecule has 1 atom stereocenters. The van der Waals surface area contributed by atoms with E-state index < -0.39 is 17.7 Å². The molecule has 1 aromatic heterocycles. The van der Waals surface area contributed by atoms with Crippen LogP contribution >= 0.6 is 0 Å². The fourth-order valence-electron chi connectivity index (χ4n) is 3.45. The molecule has 25 heavy (non-hydrogen) atoms. The van der Waals surface area contributed by atoms with Crippen molar-refractivity contribution >= 4 is 27.8 Å². The largest absolute Gasteiger partial charge is 0.389 e. The Morgan fingerprint density at radius 3 is 2.16 bits per heavy atom. The maximum atomic E-state index is 13.6. The molecule has 2 heterocycles. The number of carbonyl (C=O) groups excluding carboxylic acids is 1. The number of fused-ring (bicyclic) bond motifs is 3. The second-order valence-corrected chi connectivity index (χ2v) is 6.27. The summed E-state index contributed by atoms with van der Waals surface area (Å²) in [5.74, 6) is -0.796. The average molecular weight is 345 g/mol. The first kappa shape index (κ1) is 15.8. The summed E-state index contributed by atoms with van der Waals surface area (Å²) in [5.41, 5.74) is 1.43. The molecule has 0 spiro atoms. The maximum absolute atomic E-state index is 13.6. The number of aromatic nitrogens is 1. The molecular formula is C18H17F2N3O2. The van der Waals surface area contributed by atoms with Crippen molar-refractivity contribution in [3.63, 3.8) is 0 Å². The van der Waals surface area contributed by atoms with Gasteiger partial charge in [0.05, 0.1) is 19.2 Å². The van der Waals surface area contributed by atoms with E-state index in [9.17, 15) is 18.7 Å². The summed E-state index contributed by atoms with van der Waals surface area (Å²) in [7, 11) is 0. The minimum absolute atomic E-state index is 0.189. The first-order valence-electron chi connectivity index (χ1n) is 8.11. The van der Waals surface area contributed by atoms with Gasteiger partial charge >= 0.3 is 6.03 Å². The molecule has 1 aliphatic heterocycles. The Morgan fingerprint density at radius 2 is 1.64 bits per heavy atom. The van der Waals surface area contributed by atoms with E-state index in [4.69, 9.17) is 0 Å². The van der Waals surface area contributed by atoms with Crippen LogP contribution in [0.1, 0.15) is 0 Å². The van der Waals surface area contributed by atoms with Crippen molar-refractivity contribution < 1.29 is 18.7 Å². The molecule has 0 bridgehead atoms. The molecule has 1 saturated heterocycles. The lowest BCUT2D eigenvalue weighted by atomic mass is 10.1. The summed E-state index contributed by atoms with van der Waals surface area (Å²) < 4.78 is 29.1. The van der Waals surface area contributed by atoms with Crippen molar-refractivity contribution in [1.82, 2.24) is 14.8 Å². The van der Waals surface area contributed by atoms with E-state index in [1.165, 1.54) is 24.3 Å². The monoisotopic (exact) mass is 345 g/mol. The number of nitrogens with one attached hydrogen (secondary N) is 1. The Balaban J connectivity index is 1.73. The minimum atomic E-state index is -0.794. The third-order valence-corrected chi connectivity index (χ3v) is 4.56. The Kier molecular flexibility index (Phi) is 3.80. The Morgan fingerprint density at radius 1 is 1.04 bits per heavy atom. The Bertz CT molecular complexity index is 911. The van der Waals surface area contributed by atoms with Crippen LogP contribution in [0, 0.1) is 11.6 Å². The zero-order valence-electron chi connectivity index (χ0n) is 13.4. The highest BCUT2D eigenvalue weighted by Crippen LogP contribution is 2.30. The maximum Gasteiger partial charge on any atom is 0.317 e. The highest BCUT2D eigenvalue weighted by Gasteiger charge is 2.23. The number of hydrogen-bond acceptors (Lipinski definition) is 2. The van der Waals surface area contributed by atoms with Gasteiger partial charge in [-0.25, -0.2) is 13.6 Å². The molecule has 0 aliphatic carbocycles. The summed E-state index contributed by atoms with van der Waals surface area (Å²) in [4.78, 5) is 13.2. The molecule has 2 N–H and O–H groups in total. The lowest BCUT2D eigenvalue weighted by Crippen LogP contribution is -2.37. The number of carbonyl (C=O) groups is 1. The number of nitrogens with zero attached hydrogens (tertiary/aromatic N) is 2. The molecule has 0 radical (unpaired) electrons. The van der Waals surface area contributed by atoms with Crippen molar-refractivity contribution in [2.24, 2.45) is 0 Å². The van der Waals surface area contributed by atoms with Crippen molar-refractivity contribution in [3.8, 4) is 0 Å². The lowest BCUT2D eigenvalue weighted by molar-refractivity contribution is 0.118. The molecule has 2 aromatic carbocycles. The summed E-state index contributed by atoms with van der Waals surface area (Å²) in [6, 6.07) is 8.48. The number of hydrogen-bond donors (Lipinski definition) is 2. The summed E-state index contributed by atoms with van der Waals surface area (Å²) in [5, 5.41) is 14.3. The first-order valence-corrected chi connectivity index (χ1v) is 8.11. The summed E-state index contributed by atoms with van der Waals surface area (Å²) in [6.45, 7) is 1.55. The molecule has 3 aromatic rings. The number of amides is 2. The van der Waals surface area contributed by atoms with Gasteiger partial charge in [0.1, 0.15) is 11.6 Å². The zero-order valence-corrected chi connectivity index (χ0v) is 13.4. The number of urea groups is 1. The van der Waals surface area contributed by atoms with Crippen LogP contribution in [0.3, 0.4) is 0 Å². The Labute approximate surface area is 142 Å². The van der Waals surface area contributed by atoms with Gasteiger partial charge in [0.15, 0.2) is 0 Å². The number of aliphatic hydroxyl groups is 1. The van der Waals surface area contributed by atoms with Gasteiger partial charge in [-0.1, -0.05) is 0 Å². The number of rotatable bonds is 4. The lowest BCUT2D eigenvalue weighted by Gasteiger charge is -2.20. The second-order valence-electron chi connectivity index (χ2n) is 6.27. The third-order valence-electron chi connectivity index (χ3n) is 4.56. The first-order chi connectivity index (χ1) is 12.0. The molecule has 2 amide bonds. The molecule has 5 nitrogen and oxygen atoms in total. The van der Waals surface area contributed by atoms with Gasteiger partial charge in [0, 0.05) is 34.9 Å². The van der Waals surface area contributed by atoms with E-state index in [-0.39, 0.29) is 19.1 Å². The third kappa shape index (κ3) is 2.80. The molecule has 1 fully saturated rings. The minimum Gasteiger partial charge on any atom is -0.389 e. The summed E-state index contributed by atoms with van der Waals surface area (Å²) >= 11 is 0. The summed E-state index contributed by atoms with van der Waals surface area (Å²) in [6.07, 6.45) is -0.794. The van der Waals surface area contributed by atoms with E-state index in [1.54, 1.807) is 17.0 Å². The molecule has 1 aliphatic rings. The van der Waals surface area contributed by atoms with Gasteiger partial charge in [-0.05, 0) is 36.4 Å². The van der Waals surface area contributed by atoms with E-state index in [2.05, 4.69) is 5.32 Å². The molecule has 7 heteroatoms. The van der Waals surface area contributed by atoms with Gasteiger partial charge in [-0.15, -0.1) is 0 Å². The molecule has 4 rings (SSSR count). The zero-order chi connectivity index (χ0) is 17.6. The van der Waals surface area contributed by atoms with Crippen LogP contribution in [-0.4, -0.2) is 46.3 Å². The van der Waals surface area contributed by atoms with Crippen LogP contribution in [0.2, 0.25) is 0 Å². The van der Waals surface area contributed by atoms with Crippen LogP contribution in [0.4, 0.5) is 13.6 Å². The standard InChI is InChI=1S/C18H17F2N3O2/c19-11-1-3-16-14(7-11)15-8-12(20)2-4-17(15)23(16)10-13(24)9-22-6-5-21-18(22)25/h1-4,7-8,13,24H,5-6,9-10H2,(H,21,25). The van der Waals surface area contributed by atoms with Crippen molar-refractivity contribution in [3.05, 3.63) is 48.0 Å². The van der Waals surface area contributed by atoms with Gasteiger partial charge in [-0.2, -0.15) is 0 Å². The van der Waals surface area contributed by atoms with Gasteiger partial charge < -0.3 is 19.9 Å². The van der Waals surface area contributed by atoms with Gasteiger partial charge in [0.2, 0.25) is 0 Å². The highest BCUT2D eigenvalue weighted by molar-refractivity contribution is 6.08. The van der Waals surface area contributed by atoms with Crippen LogP contribution in [-0.2, 0) is 6.54 Å². The topological polar surface area (TPSA) is 57.5 Å². The predicted octanol–water partition coefficient (Wildman–Crippen LogP) is 2.46. The van der Waals surface area contributed by atoms with Crippen LogP contribution in [0.15, 0.2) is 36.4 Å². The van der Waals surface area contributed by atoms with Crippen LogP contribution in [0.5, 0.6) is 0 Å². The van der Waals surface area contributed by atoms with Gasteiger partial charge in [-0.3, -0.25) is 0 Å². The predicted molar refractivity (Wildman–Crippen MR) is 90.3 cm³/mol. The number of benzene rings is 2. The number of aliphatic hydroxyl groups excluding tert-OH is 1. The SMILES string of the molecule is O=C1NCCN1CC(O)Cn1c2ccc(F)cc2c2cc(F)ccc21. The highest BCUT2D eigenvalue weighted by atomic mass is 19.1. The second kappa shape index (κ2) is 6.00. The van der Waals surface area contributed by atoms with Gasteiger partial charge in [0.25, 0.3) is 0 Å².